The van der Waals surface area contributed by atoms with E-state index in [1.165, 1.54) is 0 Å². The molecule has 3 nitrogen and oxygen atoms in total. The summed E-state index contributed by atoms with van der Waals surface area (Å²) < 4.78 is 0. The van der Waals surface area contributed by atoms with Crippen LogP contribution in [0, 0.1) is 0 Å². The highest BCUT2D eigenvalue weighted by molar-refractivity contribution is 6.21. The summed E-state index contributed by atoms with van der Waals surface area (Å²) in [4.78, 5) is 14.4. The fraction of sp³-hybridized carbons (Fsp3) is 0.533. The van der Waals surface area contributed by atoms with Gasteiger partial charge in [0.25, 0.3) is 0 Å². The molecule has 1 aromatic carbocycles. The number of likely N-dealkylation sites (tertiary alicyclic amines) is 1. The van der Waals surface area contributed by atoms with Crippen LogP contribution in [0.5, 0.6) is 0 Å². The first-order chi connectivity index (χ1) is 8.90. The van der Waals surface area contributed by atoms with Gasteiger partial charge in [-0.15, -0.1) is 11.6 Å². The Bertz CT molecular complexity index is 447. The second-order valence-corrected chi connectivity index (χ2v) is 6.39. The molecule has 1 heterocycles. The number of hydrogen-bond donors (Lipinski definition) is 1. The Labute approximate surface area is 119 Å². The van der Waals surface area contributed by atoms with E-state index in [4.69, 9.17) is 11.6 Å². The van der Waals surface area contributed by atoms with Gasteiger partial charge in [-0.25, -0.2) is 0 Å². The van der Waals surface area contributed by atoms with Crippen molar-refractivity contribution in [1.82, 2.24) is 10.2 Å². The minimum atomic E-state index is -0.371. The molecule has 104 valence electrons. The van der Waals surface area contributed by atoms with Gasteiger partial charge in [0.05, 0.1) is 11.6 Å². The van der Waals surface area contributed by atoms with Crippen molar-refractivity contribution < 1.29 is 4.79 Å². The number of likely N-dealkylation sites (N-methyl/N-ethyl adjacent to an activating group) is 1. The largest absolute Gasteiger partial charge is 0.346 e. The van der Waals surface area contributed by atoms with Gasteiger partial charge >= 0.3 is 0 Å². The summed E-state index contributed by atoms with van der Waals surface area (Å²) >= 11 is 6.11. The van der Waals surface area contributed by atoms with Gasteiger partial charge < -0.3 is 5.32 Å². The highest BCUT2D eigenvalue weighted by atomic mass is 35.5. The van der Waals surface area contributed by atoms with Crippen molar-refractivity contribution in [3.05, 3.63) is 35.9 Å². The van der Waals surface area contributed by atoms with Gasteiger partial charge in [-0.3, -0.25) is 9.69 Å². The number of benzene rings is 1. The van der Waals surface area contributed by atoms with Crippen LogP contribution in [0.4, 0.5) is 0 Å². The van der Waals surface area contributed by atoms with Crippen molar-refractivity contribution in [2.24, 2.45) is 0 Å². The van der Waals surface area contributed by atoms with Crippen LogP contribution in [0.2, 0.25) is 0 Å². The predicted octanol–water partition coefficient (Wildman–Crippen LogP) is 2.35. The maximum absolute atomic E-state index is 12.4. The van der Waals surface area contributed by atoms with Gasteiger partial charge in [0.2, 0.25) is 5.91 Å². The summed E-state index contributed by atoms with van der Waals surface area (Å²) in [6.45, 7) is 4.81. The first-order valence-electron chi connectivity index (χ1n) is 6.62. The van der Waals surface area contributed by atoms with E-state index in [1.807, 2.05) is 56.1 Å². The van der Waals surface area contributed by atoms with Gasteiger partial charge in [0, 0.05) is 11.9 Å². The smallest absolute Gasteiger partial charge is 0.238 e. The second kappa shape index (κ2) is 5.51. The number of amides is 1. The van der Waals surface area contributed by atoms with Gasteiger partial charge in [0.1, 0.15) is 0 Å². The second-order valence-electron chi connectivity index (χ2n) is 5.77. The average Bonchev–Trinajstić information content (AvgIpc) is 2.69. The SMILES string of the molecule is CN1C[C@@H](Cl)C[C@H]1C(=O)NC(C)(C)c1ccccc1. The van der Waals surface area contributed by atoms with Crippen molar-refractivity contribution in [2.75, 3.05) is 13.6 Å². The van der Waals surface area contributed by atoms with Crippen LogP contribution in [-0.2, 0) is 10.3 Å². The van der Waals surface area contributed by atoms with Crippen molar-refractivity contribution >= 4 is 17.5 Å². The zero-order valence-electron chi connectivity index (χ0n) is 11.7. The van der Waals surface area contributed by atoms with Crippen LogP contribution in [0.3, 0.4) is 0 Å². The first kappa shape index (κ1) is 14.4. The summed E-state index contributed by atoms with van der Waals surface area (Å²) in [7, 11) is 1.95. The van der Waals surface area contributed by atoms with Gasteiger partial charge in [-0.2, -0.15) is 0 Å². The van der Waals surface area contributed by atoms with E-state index in [-0.39, 0.29) is 22.9 Å². The lowest BCUT2D eigenvalue weighted by Crippen LogP contribution is -2.49. The highest BCUT2D eigenvalue weighted by Gasteiger charge is 2.35. The van der Waals surface area contributed by atoms with Crippen molar-refractivity contribution in [1.29, 1.82) is 0 Å². The van der Waals surface area contributed by atoms with Gasteiger partial charge in [-0.1, -0.05) is 30.3 Å². The molecule has 0 aromatic heterocycles. The number of carbonyl (C=O) groups is 1. The van der Waals surface area contributed by atoms with Crippen LogP contribution >= 0.6 is 11.6 Å². The number of carbonyl (C=O) groups excluding carboxylic acids is 1. The molecule has 0 saturated carbocycles. The molecule has 1 amide bonds. The highest BCUT2D eigenvalue weighted by Crippen LogP contribution is 2.24. The molecule has 0 bridgehead atoms. The summed E-state index contributed by atoms with van der Waals surface area (Å²) in [5.74, 6) is 0.0551. The number of rotatable bonds is 3. The van der Waals surface area contributed by atoms with E-state index in [0.717, 1.165) is 18.5 Å². The Balaban J connectivity index is 2.06. The molecule has 4 heteroatoms. The summed E-state index contributed by atoms with van der Waals surface area (Å²) in [5, 5.41) is 3.20. The number of nitrogens with one attached hydrogen (secondary N) is 1. The lowest BCUT2D eigenvalue weighted by atomic mass is 9.94. The third kappa shape index (κ3) is 3.28. The molecule has 1 aromatic rings. The minimum Gasteiger partial charge on any atom is -0.346 e. The summed E-state index contributed by atoms with van der Waals surface area (Å²) in [6.07, 6.45) is 0.717. The fourth-order valence-corrected chi connectivity index (χ4v) is 2.95. The molecule has 1 N–H and O–H groups in total. The third-order valence-corrected chi connectivity index (χ3v) is 4.05. The monoisotopic (exact) mass is 280 g/mol. The molecular formula is C15H21ClN2O. The van der Waals surface area contributed by atoms with Crippen molar-refractivity contribution in [3.8, 4) is 0 Å². The molecule has 0 radical (unpaired) electrons. The fourth-order valence-electron chi connectivity index (χ4n) is 2.56. The van der Waals surface area contributed by atoms with E-state index < -0.39 is 0 Å². The van der Waals surface area contributed by atoms with Gasteiger partial charge in [-0.05, 0) is 32.9 Å². The molecule has 0 aliphatic carbocycles. The van der Waals surface area contributed by atoms with Gasteiger partial charge in [0.15, 0.2) is 0 Å². The van der Waals surface area contributed by atoms with E-state index in [2.05, 4.69) is 5.32 Å². The van der Waals surface area contributed by atoms with E-state index in [0.29, 0.717) is 0 Å². The van der Waals surface area contributed by atoms with E-state index >= 15 is 0 Å². The first-order valence-corrected chi connectivity index (χ1v) is 7.05. The molecule has 1 saturated heterocycles. The molecule has 1 fully saturated rings. The minimum absolute atomic E-state index is 0.0551. The number of alkyl halides is 1. The van der Waals surface area contributed by atoms with Crippen LogP contribution in [0.1, 0.15) is 25.8 Å². The number of halogens is 1. The molecular weight excluding hydrogens is 260 g/mol. The third-order valence-electron chi connectivity index (χ3n) is 3.73. The maximum Gasteiger partial charge on any atom is 0.238 e. The van der Waals surface area contributed by atoms with Crippen LogP contribution in [-0.4, -0.2) is 35.8 Å². The number of nitrogens with zero attached hydrogens (tertiary/aromatic N) is 1. The lowest BCUT2D eigenvalue weighted by Gasteiger charge is -2.30. The molecule has 1 aliphatic heterocycles. The predicted molar refractivity (Wildman–Crippen MR) is 78.3 cm³/mol. The van der Waals surface area contributed by atoms with Crippen LogP contribution in [0.25, 0.3) is 0 Å². The Morgan fingerprint density at radius 2 is 2.00 bits per heavy atom. The normalized spacial score (nSPS) is 24.4. The molecule has 2 atom stereocenters. The van der Waals surface area contributed by atoms with Crippen LogP contribution in [0.15, 0.2) is 30.3 Å². The molecule has 19 heavy (non-hydrogen) atoms. The zero-order valence-corrected chi connectivity index (χ0v) is 12.4. The quantitative estimate of drug-likeness (QED) is 0.862. The summed E-state index contributed by atoms with van der Waals surface area (Å²) in [6, 6.07) is 9.89. The standard InChI is InChI=1S/C15H21ClN2O/c1-15(2,11-7-5-4-6-8-11)17-14(19)13-9-12(16)10-18(13)3/h4-8,12-13H,9-10H2,1-3H3,(H,17,19)/t12-,13-/m0/s1. The summed E-state index contributed by atoms with van der Waals surface area (Å²) in [5.41, 5.74) is 0.732. The Hall–Kier alpha value is -1.06. The van der Waals surface area contributed by atoms with Crippen molar-refractivity contribution in [2.45, 2.75) is 37.2 Å². The Morgan fingerprint density at radius 1 is 1.37 bits per heavy atom. The Kier molecular flexibility index (Phi) is 4.16. The maximum atomic E-state index is 12.4. The average molecular weight is 281 g/mol. The molecule has 2 rings (SSSR count). The molecule has 0 unspecified atom stereocenters. The number of hydrogen-bond acceptors (Lipinski definition) is 2. The molecule has 1 aliphatic rings. The topological polar surface area (TPSA) is 32.3 Å². The Morgan fingerprint density at radius 3 is 2.53 bits per heavy atom. The molecule has 0 spiro atoms. The van der Waals surface area contributed by atoms with Crippen LogP contribution < -0.4 is 5.32 Å². The van der Waals surface area contributed by atoms with E-state index in [9.17, 15) is 4.79 Å². The van der Waals surface area contributed by atoms with E-state index in [1.54, 1.807) is 0 Å². The lowest BCUT2D eigenvalue weighted by molar-refractivity contribution is -0.126. The van der Waals surface area contributed by atoms with Crippen molar-refractivity contribution in [3.63, 3.8) is 0 Å². The zero-order chi connectivity index (χ0) is 14.0.